The molecule has 2 aliphatic heterocycles. The first-order chi connectivity index (χ1) is 12.1. The summed E-state index contributed by atoms with van der Waals surface area (Å²) in [6, 6.07) is 5.38. The highest BCUT2D eigenvalue weighted by Crippen LogP contribution is 2.27. The van der Waals surface area contributed by atoms with E-state index >= 15 is 0 Å². The number of rotatable bonds is 3. The number of hydrogen-bond donors (Lipinski definition) is 0. The molecule has 1 aromatic carbocycles. The van der Waals surface area contributed by atoms with E-state index in [2.05, 4.69) is 15.9 Å². The lowest BCUT2D eigenvalue weighted by atomic mass is 9.94. The quantitative estimate of drug-likeness (QED) is 0.765. The summed E-state index contributed by atoms with van der Waals surface area (Å²) in [5.41, 5.74) is 0.595. The van der Waals surface area contributed by atoms with Crippen molar-refractivity contribution in [3.63, 3.8) is 0 Å². The molecule has 2 fully saturated rings. The summed E-state index contributed by atoms with van der Waals surface area (Å²) < 4.78 is 11.3. The molecular weight excluding hydrogens is 388 g/mol. The number of nitrogens with zero attached hydrogens (tertiary/aromatic N) is 2. The van der Waals surface area contributed by atoms with E-state index in [4.69, 9.17) is 9.47 Å². The van der Waals surface area contributed by atoms with Crippen molar-refractivity contribution in [3.8, 4) is 5.75 Å². The molecule has 2 heterocycles. The highest BCUT2D eigenvalue weighted by molar-refractivity contribution is 9.10. The van der Waals surface area contributed by atoms with Gasteiger partial charge in [-0.25, -0.2) is 0 Å². The van der Waals surface area contributed by atoms with Crippen molar-refractivity contribution in [3.05, 3.63) is 28.2 Å². The van der Waals surface area contributed by atoms with Gasteiger partial charge in [0.05, 0.1) is 25.9 Å². The van der Waals surface area contributed by atoms with Crippen LogP contribution in [0.2, 0.25) is 0 Å². The maximum Gasteiger partial charge on any atom is 0.255 e. The number of carbonyl (C=O) groups is 2. The number of piperidine rings is 1. The van der Waals surface area contributed by atoms with Crippen LogP contribution in [0, 0.1) is 5.92 Å². The molecule has 0 aromatic heterocycles. The topological polar surface area (TPSA) is 59.1 Å². The van der Waals surface area contributed by atoms with Gasteiger partial charge in [-0.2, -0.15) is 0 Å². The molecule has 2 saturated heterocycles. The van der Waals surface area contributed by atoms with E-state index in [9.17, 15) is 9.59 Å². The SMILES string of the molecule is COc1ccc(Br)c(C(=O)N2CCC(C(=O)N3CCOCC3)CC2)c1. The number of methoxy groups -OCH3 is 1. The highest BCUT2D eigenvalue weighted by Gasteiger charge is 2.31. The molecule has 6 nitrogen and oxygen atoms in total. The molecule has 25 heavy (non-hydrogen) atoms. The number of ether oxygens (including phenoxy) is 2. The van der Waals surface area contributed by atoms with Crippen LogP contribution >= 0.6 is 15.9 Å². The second-order valence-corrected chi connectivity index (χ2v) is 7.20. The van der Waals surface area contributed by atoms with Crippen LogP contribution < -0.4 is 4.74 Å². The maximum atomic E-state index is 12.8. The second kappa shape index (κ2) is 8.19. The Labute approximate surface area is 156 Å². The van der Waals surface area contributed by atoms with Gasteiger partial charge in [-0.1, -0.05) is 0 Å². The third-order valence-electron chi connectivity index (χ3n) is 4.86. The third kappa shape index (κ3) is 4.15. The lowest BCUT2D eigenvalue weighted by Crippen LogP contribution is -2.47. The first-order valence-electron chi connectivity index (χ1n) is 8.59. The van der Waals surface area contributed by atoms with Gasteiger partial charge in [-0.05, 0) is 47.0 Å². The molecule has 1 aromatic rings. The molecule has 0 N–H and O–H groups in total. The molecule has 0 atom stereocenters. The van der Waals surface area contributed by atoms with Gasteiger partial charge in [0.1, 0.15) is 5.75 Å². The number of morpholine rings is 1. The molecule has 0 bridgehead atoms. The average molecular weight is 411 g/mol. The molecule has 2 amide bonds. The molecule has 0 aliphatic carbocycles. The standard InChI is InChI=1S/C18H23BrN2O4/c1-24-14-2-3-16(19)15(12-14)18(23)20-6-4-13(5-7-20)17(22)21-8-10-25-11-9-21/h2-3,12-13H,4-11H2,1H3. The number of likely N-dealkylation sites (tertiary alicyclic amines) is 1. The lowest BCUT2D eigenvalue weighted by Gasteiger charge is -2.35. The van der Waals surface area contributed by atoms with Gasteiger partial charge in [0.15, 0.2) is 0 Å². The Morgan fingerprint density at radius 1 is 1.12 bits per heavy atom. The molecule has 7 heteroatoms. The molecule has 3 rings (SSSR count). The van der Waals surface area contributed by atoms with Crippen LogP contribution in [-0.4, -0.2) is 68.1 Å². The van der Waals surface area contributed by atoms with E-state index in [1.165, 1.54) is 0 Å². The fraction of sp³-hybridized carbons (Fsp3) is 0.556. The first kappa shape index (κ1) is 18.2. The van der Waals surface area contributed by atoms with E-state index in [1.807, 2.05) is 21.9 Å². The monoisotopic (exact) mass is 410 g/mol. The zero-order valence-corrected chi connectivity index (χ0v) is 16.0. The Bertz CT molecular complexity index is 638. The van der Waals surface area contributed by atoms with Crippen molar-refractivity contribution in [1.82, 2.24) is 9.80 Å². The van der Waals surface area contributed by atoms with Crippen LogP contribution in [0.5, 0.6) is 5.75 Å². The Balaban J connectivity index is 1.60. The summed E-state index contributed by atoms with van der Waals surface area (Å²) in [7, 11) is 1.58. The molecule has 136 valence electrons. The van der Waals surface area contributed by atoms with E-state index in [-0.39, 0.29) is 17.7 Å². The summed E-state index contributed by atoms with van der Waals surface area (Å²) in [5.74, 6) is 0.848. The van der Waals surface area contributed by atoms with Crippen molar-refractivity contribution in [1.29, 1.82) is 0 Å². The first-order valence-corrected chi connectivity index (χ1v) is 9.39. The summed E-state index contributed by atoms with van der Waals surface area (Å²) >= 11 is 3.44. The minimum Gasteiger partial charge on any atom is -0.497 e. The normalized spacial score (nSPS) is 19.0. The number of benzene rings is 1. The summed E-state index contributed by atoms with van der Waals surface area (Å²) in [6.07, 6.45) is 1.42. The van der Waals surface area contributed by atoms with Crippen molar-refractivity contribution in [2.45, 2.75) is 12.8 Å². The second-order valence-electron chi connectivity index (χ2n) is 6.35. The van der Waals surface area contributed by atoms with Gasteiger partial charge in [0.25, 0.3) is 5.91 Å². The number of amides is 2. The fourth-order valence-corrected chi connectivity index (χ4v) is 3.75. The molecule has 0 saturated carbocycles. The zero-order valence-electron chi connectivity index (χ0n) is 14.4. The van der Waals surface area contributed by atoms with Crippen LogP contribution in [0.3, 0.4) is 0 Å². The van der Waals surface area contributed by atoms with Crippen molar-refractivity contribution < 1.29 is 19.1 Å². The Kier molecular flexibility index (Phi) is 5.96. The summed E-state index contributed by atoms with van der Waals surface area (Å²) in [5, 5.41) is 0. The van der Waals surface area contributed by atoms with E-state index < -0.39 is 0 Å². The number of carbonyl (C=O) groups excluding carboxylic acids is 2. The minimum absolute atomic E-state index is 0.0101. The molecule has 0 unspecified atom stereocenters. The fourth-order valence-electron chi connectivity index (χ4n) is 3.34. The zero-order chi connectivity index (χ0) is 17.8. The highest BCUT2D eigenvalue weighted by atomic mass is 79.9. The molecule has 2 aliphatic rings. The van der Waals surface area contributed by atoms with Gasteiger partial charge in [0.2, 0.25) is 5.91 Å². The van der Waals surface area contributed by atoms with Gasteiger partial charge in [0, 0.05) is 36.6 Å². The largest absolute Gasteiger partial charge is 0.497 e. The van der Waals surface area contributed by atoms with Gasteiger partial charge in [-0.3, -0.25) is 9.59 Å². The number of hydrogen-bond acceptors (Lipinski definition) is 4. The average Bonchev–Trinajstić information content (AvgIpc) is 2.68. The molecule has 0 radical (unpaired) electrons. The molecular formula is C18H23BrN2O4. The van der Waals surface area contributed by atoms with Gasteiger partial charge in [-0.15, -0.1) is 0 Å². The Morgan fingerprint density at radius 2 is 1.80 bits per heavy atom. The third-order valence-corrected chi connectivity index (χ3v) is 5.55. The van der Waals surface area contributed by atoms with Crippen molar-refractivity contribution >= 4 is 27.7 Å². The van der Waals surface area contributed by atoms with Crippen LogP contribution in [-0.2, 0) is 9.53 Å². The van der Waals surface area contributed by atoms with Gasteiger partial charge < -0.3 is 19.3 Å². The van der Waals surface area contributed by atoms with E-state index in [0.717, 1.165) is 4.47 Å². The van der Waals surface area contributed by atoms with Crippen LogP contribution in [0.4, 0.5) is 0 Å². The van der Waals surface area contributed by atoms with Crippen LogP contribution in [0.25, 0.3) is 0 Å². The summed E-state index contributed by atoms with van der Waals surface area (Å²) in [4.78, 5) is 29.1. The van der Waals surface area contributed by atoms with E-state index in [1.54, 1.807) is 13.2 Å². The maximum absolute atomic E-state index is 12.8. The van der Waals surface area contributed by atoms with Crippen LogP contribution in [0.15, 0.2) is 22.7 Å². The molecule has 0 spiro atoms. The van der Waals surface area contributed by atoms with Crippen LogP contribution in [0.1, 0.15) is 23.2 Å². The smallest absolute Gasteiger partial charge is 0.255 e. The number of halogens is 1. The lowest BCUT2D eigenvalue weighted by molar-refractivity contribution is -0.141. The summed E-state index contributed by atoms with van der Waals surface area (Å²) in [6.45, 7) is 3.79. The van der Waals surface area contributed by atoms with Crippen molar-refractivity contribution in [2.75, 3.05) is 46.5 Å². The van der Waals surface area contributed by atoms with Crippen molar-refractivity contribution in [2.24, 2.45) is 5.92 Å². The minimum atomic E-state index is -0.0250. The predicted octanol–water partition coefficient (Wildman–Crippen LogP) is 2.17. The van der Waals surface area contributed by atoms with Gasteiger partial charge >= 0.3 is 0 Å². The Hall–Kier alpha value is -1.60. The van der Waals surface area contributed by atoms with E-state index in [0.29, 0.717) is 63.5 Å². The predicted molar refractivity (Wildman–Crippen MR) is 96.7 cm³/mol. The Morgan fingerprint density at radius 3 is 2.44 bits per heavy atom.